The van der Waals surface area contributed by atoms with Crippen molar-refractivity contribution >= 4 is 23.2 Å². The number of nitrogens with zero attached hydrogens (tertiary/aromatic N) is 1. The van der Waals surface area contributed by atoms with Crippen LogP contribution in [0.4, 0.5) is 11.4 Å². The van der Waals surface area contributed by atoms with Gasteiger partial charge in [-0.2, -0.15) is 0 Å². The molecule has 2 heterocycles. The lowest BCUT2D eigenvalue weighted by atomic mass is 10.1. The van der Waals surface area contributed by atoms with Crippen molar-refractivity contribution < 1.29 is 23.8 Å². The molecule has 7 heteroatoms. The van der Waals surface area contributed by atoms with Gasteiger partial charge in [-0.05, 0) is 36.8 Å². The van der Waals surface area contributed by atoms with Gasteiger partial charge >= 0.3 is 0 Å². The molecule has 2 aromatic rings. The molecule has 0 bridgehead atoms. The number of hydrogen-bond donors (Lipinski definition) is 1. The monoisotopic (exact) mass is 354 g/mol. The molecule has 0 radical (unpaired) electrons. The van der Waals surface area contributed by atoms with Gasteiger partial charge in [-0.25, -0.2) is 0 Å². The molecule has 2 amide bonds. The van der Waals surface area contributed by atoms with Gasteiger partial charge in [0.2, 0.25) is 12.7 Å². The normalized spacial score (nSPS) is 14.7. The lowest BCUT2D eigenvalue weighted by molar-refractivity contribution is -0.121. The van der Waals surface area contributed by atoms with E-state index in [1.54, 1.807) is 23.1 Å². The van der Waals surface area contributed by atoms with Crippen LogP contribution in [0.15, 0.2) is 36.4 Å². The largest absolute Gasteiger partial charge is 0.482 e. The summed E-state index contributed by atoms with van der Waals surface area (Å²) in [5.41, 5.74) is 2.36. The number of ether oxygens (including phenoxy) is 3. The Bertz CT molecular complexity index is 880. The Hall–Kier alpha value is -3.22. The smallest absolute Gasteiger partial charge is 0.265 e. The van der Waals surface area contributed by atoms with Gasteiger partial charge in [-0.15, -0.1) is 0 Å². The van der Waals surface area contributed by atoms with Crippen molar-refractivity contribution in [2.45, 2.75) is 13.3 Å². The molecule has 0 fully saturated rings. The first-order chi connectivity index (χ1) is 12.6. The fourth-order valence-electron chi connectivity index (χ4n) is 2.97. The average Bonchev–Trinajstić information content (AvgIpc) is 3.08. The summed E-state index contributed by atoms with van der Waals surface area (Å²) >= 11 is 0. The van der Waals surface area contributed by atoms with Gasteiger partial charge in [0, 0.05) is 24.7 Å². The number of carbonyl (C=O) groups is 2. The van der Waals surface area contributed by atoms with Crippen molar-refractivity contribution in [1.82, 2.24) is 0 Å². The van der Waals surface area contributed by atoms with Gasteiger partial charge in [0.05, 0.1) is 5.69 Å². The highest BCUT2D eigenvalue weighted by Gasteiger charge is 2.26. The molecule has 4 rings (SSSR count). The van der Waals surface area contributed by atoms with E-state index >= 15 is 0 Å². The SMILES string of the molecule is Cc1ccc2c(c1)N(CCC(=O)Nc1ccc3c(c1)OCO3)C(=O)CO2. The lowest BCUT2D eigenvalue weighted by Crippen LogP contribution is -2.40. The quantitative estimate of drug-likeness (QED) is 0.913. The highest BCUT2D eigenvalue weighted by Crippen LogP contribution is 2.35. The first-order valence-corrected chi connectivity index (χ1v) is 8.33. The second-order valence-electron chi connectivity index (χ2n) is 6.17. The van der Waals surface area contributed by atoms with E-state index in [1.807, 2.05) is 25.1 Å². The highest BCUT2D eigenvalue weighted by molar-refractivity contribution is 5.99. The van der Waals surface area contributed by atoms with Crippen LogP contribution in [-0.2, 0) is 9.59 Å². The van der Waals surface area contributed by atoms with Crippen LogP contribution in [0.5, 0.6) is 17.2 Å². The van der Waals surface area contributed by atoms with Crippen LogP contribution >= 0.6 is 0 Å². The molecule has 0 aliphatic carbocycles. The third-order valence-corrected chi connectivity index (χ3v) is 4.28. The summed E-state index contributed by atoms with van der Waals surface area (Å²) in [6.45, 7) is 2.41. The molecule has 0 saturated heterocycles. The third kappa shape index (κ3) is 3.15. The molecule has 26 heavy (non-hydrogen) atoms. The Balaban J connectivity index is 1.41. The van der Waals surface area contributed by atoms with Crippen LogP contribution in [0.2, 0.25) is 0 Å². The highest BCUT2D eigenvalue weighted by atomic mass is 16.7. The van der Waals surface area contributed by atoms with Gasteiger partial charge in [0.1, 0.15) is 5.75 Å². The topological polar surface area (TPSA) is 77.1 Å². The fraction of sp³-hybridized carbons (Fsp3) is 0.263. The molecule has 2 aliphatic rings. The van der Waals surface area contributed by atoms with Crippen LogP contribution in [0.1, 0.15) is 12.0 Å². The first kappa shape index (κ1) is 16.3. The number of amides is 2. The summed E-state index contributed by atoms with van der Waals surface area (Å²) in [4.78, 5) is 26.1. The molecular weight excluding hydrogens is 336 g/mol. The van der Waals surface area contributed by atoms with Crippen molar-refractivity contribution in [1.29, 1.82) is 0 Å². The molecule has 0 saturated carbocycles. The Morgan fingerprint density at radius 3 is 2.77 bits per heavy atom. The minimum atomic E-state index is -0.183. The number of anilines is 2. The molecule has 7 nitrogen and oxygen atoms in total. The fourth-order valence-corrected chi connectivity index (χ4v) is 2.97. The van der Waals surface area contributed by atoms with Crippen molar-refractivity contribution in [3.05, 3.63) is 42.0 Å². The average molecular weight is 354 g/mol. The molecule has 134 valence electrons. The first-order valence-electron chi connectivity index (χ1n) is 8.33. The van der Waals surface area contributed by atoms with Gasteiger partial charge in [-0.3, -0.25) is 9.59 Å². The summed E-state index contributed by atoms with van der Waals surface area (Å²) in [7, 11) is 0. The molecular formula is C19H18N2O5. The van der Waals surface area contributed by atoms with E-state index in [-0.39, 0.29) is 38.2 Å². The van der Waals surface area contributed by atoms with Crippen LogP contribution in [0.3, 0.4) is 0 Å². The Labute approximate surface area is 150 Å². The van der Waals surface area contributed by atoms with Crippen molar-refractivity contribution in [2.24, 2.45) is 0 Å². The number of nitrogens with one attached hydrogen (secondary N) is 1. The number of benzene rings is 2. The number of hydrogen-bond acceptors (Lipinski definition) is 5. The van der Waals surface area contributed by atoms with E-state index in [2.05, 4.69) is 5.32 Å². The number of fused-ring (bicyclic) bond motifs is 2. The Kier molecular flexibility index (Phi) is 4.12. The number of carbonyl (C=O) groups excluding carboxylic acids is 2. The van der Waals surface area contributed by atoms with E-state index in [1.165, 1.54) is 0 Å². The van der Waals surface area contributed by atoms with Gasteiger partial charge in [0.25, 0.3) is 5.91 Å². The standard InChI is InChI=1S/C19H18N2O5/c1-12-2-4-15-14(8-12)21(19(23)10-24-15)7-6-18(22)20-13-3-5-16-17(9-13)26-11-25-16/h2-5,8-9H,6-7,10-11H2,1H3,(H,20,22). The number of aryl methyl sites for hydroxylation is 1. The van der Waals surface area contributed by atoms with Crippen molar-refractivity contribution in [3.8, 4) is 17.2 Å². The Morgan fingerprint density at radius 2 is 1.88 bits per heavy atom. The molecule has 2 aliphatic heterocycles. The van der Waals surface area contributed by atoms with Gasteiger partial charge in [-0.1, -0.05) is 6.07 Å². The second kappa shape index (κ2) is 6.59. The van der Waals surface area contributed by atoms with E-state index in [4.69, 9.17) is 14.2 Å². The zero-order valence-electron chi connectivity index (χ0n) is 14.3. The van der Waals surface area contributed by atoms with Gasteiger partial charge in [0.15, 0.2) is 18.1 Å². The zero-order valence-corrected chi connectivity index (χ0v) is 14.3. The second-order valence-corrected chi connectivity index (χ2v) is 6.17. The van der Waals surface area contributed by atoms with Crippen molar-refractivity contribution in [3.63, 3.8) is 0 Å². The predicted octanol–water partition coefficient (Wildman–Crippen LogP) is 2.48. The molecule has 2 aromatic carbocycles. The maximum Gasteiger partial charge on any atom is 0.265 e. The third-order valence-electron chi connectivity index (χ3n) is 4.28. The summed E-state index contributed by atoms with van der Waals surface area (Å²) in [6, 6.07) is 10.9. The Morgan fingerprint density at radius 1 is 1.08 bits per heavy atom. The summed E-state index contributed by atoms with van der Waals surface area (Å²) in [6.07, 6.45) is 0.174. The maximum absolute atomic E-state index is 12.3. The van der Waals surface area contributed by atoms with E-state index in [9.17, 15) is 9.59 Å². The molecule has 0 atom stereocenters. The molecule has 0 aromatic heterocycles. The van der Waals surface area contributed by atoms with Crippen molar-refractivity contribution in [2.75, 3.05) is 30.2 Å². The van der Waals surface area contributed by atoms with Crippen LogP contribution in [0.25, 0.3) is 0 Å². The zero-order chi connectivity index (χ0) is 18.1. The van der Waals surface area contributed by atoms with E-state index < -0.39 is 0 Å². The van der Waals surface area contributed by atoms with E-state index in [0.29, 0.717) is 28.6 Å². The predicted molar refractivity (Wildman–Crippen MR) is 94.8 cm³/mol. The molecule has 0 spiro atoms. The summed E-state index contributed by atoms with van der Waals surface area (Å²) < 4.78 is 16.0. The molecule has 1 N–H and O–H groups in total. The summed E-state index contributed by atoms with van der Waals surface area (Å²) in [5.74, 6) is 1.59. The number of rotatable bonds is 4. The van der Waals surface area contributed by atoms with Gasteiger partial charge < -0.3 is 24.4 Å². The molecule has 0 unspecified atom stereocenters. The van der Waals surface area contributed by atoms with Crippen LogP contribution in [0, 0.1) is 6.92 Å². The van der Waals surface area contributed by atoms with Crippen LogP contribution in [-0.4, -0.2) is 31.8 Å². The maximum atomic E-state index is 12.3. The van der Waals surface area contributed by atoms with E-state index in [0.717, 1.165) is 5.56 Å². The minimum absolute atomic E-state index is 0.0140. The summed E-state index contributed by atoms with van der Waals surface area (Å²) in [5, 5.41) is 2.82. The minimum Gasteiger partial charge on any atom is -0.482 e. The van der Waals surface area contributed by atoms with Crippen LogP contribution < -0.4 is 24.4 Å². The lowest BCUT2D eigenvalue weighted by Gasteiger charge is -2.29.